The Labute approximate surface area is 118 Å². The summed E-state index contributed by atoms with van der Waals surface area (Å²) in [6.45, 7) is 0. The average Bonchev–Trinajstić information content (AvgIpc) is 2.89. The number of halogens is 2. The van der Waals surface area contributed by atoms with Gasteiger partial charge in [0.2, 0.25) is 0 Å². The molecule has 0 atom stereocenters. The summed E-state index contributed by atoms with van der Waals surface area (Å²) in [7, 11) is 1.27. The number of ether oxygens (including phenoxy) is 1. The van der Waals surface area contributed by atoms with E-state index in [9.17, 15) is 13.6 Å². The monoisotopic (exact) mass is 288 g/mol. The smallest absolute Gasteiger partial charge is 0.340 e. The van der Waals surface area contributed by atoms with E-state index in [1.165, 1.54) is 13.2 Å². The average molecular weight is 288 g/mol. The maximum absolute atomic E-state index is 13.8. The fourth-order valence-electron chi connectivity index (χ4n) is 2.12. The van der Waals surface area contributed by atoms with E-state index in [-0.39, 0.29) is 17.0 Å². The number of fused-ring (bicyclic) bond motifs is 1. The van der Waals surface area contributed by atoms with Gasteiger partial charge in [-0.1, -0.05) is 6.07 Å². The minimum absolute atomic E-state index is 0.128. The summed E-state index contributed by atoms with van der Waals surface area (Å²) >= 11 is 0. The highest BCUT2D eigenvalue weighted by molar-refractivity contribution is 6.02. The van der Waals surface area contributed by atoms with Gasteiger partial charge in [0.05, 0.1) is 23.8 Å². The number of aromatic amines is 1. The molecule has 0 unspecified atom stereocenters. The van der Waals surface area contributed by atoms with Gasteiger partial charge in [-0.25, -0.2) is 18.6 Å². The number of aromatic nitrogens is 2. The molecule has 106 valence electrons. The summed E-state index contributed by atoms with van der Waals surface area (Å²) in [4.78, 5) is 18.8. The predicted octanol–water partition coefficient (Wildman–Crippen LogP) is 3.29. The van der Waals surface area contributed by atoms with Gasteiger partial charge in [0.25, 0.3) is 0 Å². The van der Waals surface area contributed by atoms with Gasteiger partial charge in [-0.2, -0.15) is 0 Å². The molecule has 1 N–H and O–H groups in total. The summed E-state index contributed by atoms with van der Waals surface area (Å²) in [6, 6.07) is 8.16. The van der Waals surface area contributed by atoms with Crippen LogP contribution >= 0.6 is 0 Å². The highest BCUT2D eigenvalue weighted by atomic mass is 19.1. The number of esters is 1. The molecule has 0 bridgehead atoms. The fraction of sp³-hybridized carbons (Fsp3) is 0.0667. The van der Waals surface area contributed by atoms with Crippen LogP contribution in [0.4, 0.5) is 8.78 Å². The molecule has 0 spiro atoms. The topological polar surface area (TPSA) is 55.0 Å². The van der Waals surface area contributed by atoms with Crippen LogP contribution in [0.2, 0.25) is 0 Å². The lowest BCUT2D eigenvalue weighted by molar-refractivity contribution is 0.0603. The maximum Gasteiger partial charge on any atom is 0.340 e. The van der Waals surface area contributed by atoms with Crippen molar-refractivity contribution < 1.29 is 18.3 Å². The Morgan fingerprint density at radius 3 is 2.76 bits per heavy atom. The van der Waals surface area contributed by atoms with Crippen molar-refractivity contribution in [3.8, 4) is 11.4 Å². The molecular formula is C15H10F2N2O2. The summed E-state index contributed by atoms with van der Waals surface area (Å²) in [6.07, 6.45) is 0. The molecule has 0 radical (unpaired) electrons. The third-order valence-corrected chi connectivity index (χ3v) is 3.10. The number of hydrogen-bond acceptors (Lipinski definition) is 3. The van der Waals surface area contributed by atoms with Crippen LogP contribution in [-0.4, -0.2) is 23.0 Å². The van der Waals surface area contributed by atoms with Crippen molar-refractivity contribution in [1.29, 1.82) is 0 Å². The Balaban J connectivity index is 2.19. The molecule has 3 rings (SSSR count). The highest BCUT2D eigenvalue weighted by Crippen LogP contribution is 2.25. The van der Waals surface area contributed by atoms with Crippen molar-refractivity contribution in [2.75, 3.05) is 7.11 Å². The van der Waals surface area contributed by atoms with Gasteiger partial charge in [0.15, 0.2) is 0 Å². The molecule has 1 heterocycles. The Bertz CT molecular complexity index is 843. The molecule has 0 aliphatic heterocycles. The fourth-order valence-corrected chi connectivity index (χ4v) is 2.12. The van der Waals surface area contributed by atoms with Crippen molar-refractivity contribution in [3.05, 3.63) is 53.6 Å². The number of methoxy groups -OCH3 is 1. The van der Waals surface area contributed by atoms with E-state index in [1.54, 1.807) is 18.2 Å². The number of hydrogen-bond donors (Lipinski definition) is 1. The summed E-state index contributed by atoms with van der Waals surface area (Å²) < 4.78 is 31.4. The number of rotatable bonds is 2. The third-order valence-electron chi connectivity index (χ3n) is 3.10. The largest absolute Gasteiger partial charge is 0.465 e. The number of imidazole rings is 1. The van der Waals surface area contributed by atoms with Gasteiger partial charge in [0.1, 0.15) is 23.0 Å². The lowest BCUT2D eigenvalue weighted by atomic mass is 10.2. The minimum atomic E-state index is -0.728. The number of benzene rings is 2. The van der Waals surface area contributed by atoms with Crippen LogP contribution in [0.5, 0.6) is 0 Å². The van der Waals surface area contributed by atoms with Crippen molar-refractivity contribution in [2.24, 2.45) is 0 Å². The second-order valence-electron chi connectivity index (χ2n) is 4.40. The zero-order chi connectivity index (χ0) is 15.0. The van der Waals surface area contributed by atoms with E-state index in [2.05, 4.69) is 14.7 Å². The van der Waals surface area contributed by atoms with Crippen LogP contribution in [0.1, 0.15) is 10.4 Å². The SMILES string of the molecule is COC(=O)c1cccc2[nH]c(-c3ccc(F)cc3F)nc12. The molecule has 0 amide bonds. The maximum atomic E-state index is 13.8. The first kappa shape index (κ1) is 13.2. The first-order chi connectivity index (χ1) is 10.1. The second-order valence-corrected chi connectivity index (χ2v) is 4.40. The molecule has 1 aromatic heterocycles. The minimum Gasteiger partial charge on any atom is -0.465 e. The normalized spacial score (nSPS) is 10.8. The summed E-state index contributed by atoms with van der Waals surface area (Å²) in [5.74, 6) is -1.70. The van der Waals surface area contributed by atoms with E-state index in [1.807, 2.05) is 0 Å². The molecule has 0 fully saturated rings. The van der Waals surface area contributed by atoms with E-state index in [0.717, 1.165) is 12.1 Å². The molecule has 0 aliphatic rings. The van der Waals surface area contributed by atoms with Crippen molar-refractivity contribution in [1.82, 2.24) is 9.97 Å². The van der Waals surface area contributed by atoms with Crippen molar-refractivity contribution in [2.45, 2.75) is 0 Å². The number of nitrogens with zero attached hydrogens (tertiary/aromatic N) is 1. The van der Waals surface area contributed by atoms with E-state index in [4.69, 9.17) is 0 Å². The molecule has 2 aromatic carbocycles. The van der Waals surface area contributed by atoms with E-state index < -0.39 is 17.6 Å². The number of carbonyl (C=O) groups is 1. The number of nitrogens with one attached hydrogen (secondary N) is 1. The van der Waals surface area contributed by atoms with Gasteiger partial charge in [-0.15, -0.1) is 0 Å². The summed E-state index contributed by atoms with van der Waals surface area (Å²) in [5.41, 5.74) is 1.35. The zero-order valence-corrected chi connectivity index (χ0v) is 11.0. The standard InChI is InChI=1S/C15H10F2N2O2/c1-21-15(20)10-3-2-4-12-13(10)19-14(18-12)9-6-5-8(16)7-11(9)17/h2-7H,1H3,(H,18,19). The number of para-hydroxylation sites is 1. The number of H-pyrrole nitrogens is 1. The van der Waals surface area contributed by atoms with Crippen LogP contribution in [-0.2, 0) is 4.74 Å². The Kier molecular flexibility index (Phi) is 3.13. The number of carbonyl (C=O) groups excluding carboxylic acids is 1. The molecule has 21 heavy (non-hydrogen) atoms. The van der Waals surface area contributed by atoms with Gasteiger partial charge in [-0.3, -0.25) is 0 Å². The lowest BCUT2D eigenvalue weighted by Crippen LogP contribution is -2.01. The van der Waals surface area contributed by atoms with Crippen LogP contribution < -0.4 is 0 Å². The van der Waals surface area contributed by atoms with Gasteiger partial charge >= 0.3 is 5.97 Å². The van der Waals surface area contributed by atoms with Gasteiger partial charge < -0.3 is 9.72 Å². The van der Waals surface area contributed by atoms with E-state index >= 15 is 0 Å². The van der Waals surface area contributed by atoms with Crippen LogP contribution in [0.3, 0.4) is 0 Å². The predicted molar refractivity (Wildman–Crippen MR) is 72.8 cm³/mol. The Morgan fingerprint density at radius 1 is 1.24 bits per heavy atom. The van der Waals surface area contributed by atoms with Crippen LogP contribution in [0, 0.1) is 11.6 Å². The van der Waals surface area contributed by atoms with Gasteiger partial charge in [0, 0.05) is 6.07 Å². The quantitative estimate of drug-likeness (QED) is 0.736. The molecule has 0 aliphatic carbocycles. The molecule has 4 nitrogen and oxygen atoms in total. The molecule has 3 aromatic rings. The molecule has 0 saturated carbocycles. The van der Waals surface area contributed by atoms with Gasteiger partial charge in [-0.05, 0) is 24.3 Å². The zero-order valence-electron chi connectivity index (χ0n) is 11.0. The Hall–Kier alpha value is -2.76. The Morgan fingerprint density at radius 2 is 2.05 bits per heavy atom. The second kappa shape index (κ2) is 4.97. The van der Waals surface area contributed by atoms with Crippen LogP contribution in [0.15, 0.2) is 36.4 Å². The van der Waals surface area contributed by atoms with Crippen molar-refractivity contribution >= 4 is 17.0 Å². The molecule has 0 saturated heterocycles. The third kappa shape index (κ3) is 2.24. The molecular weight excluding hydrogens is 278 g/mol. The first-order valence-electron chi connectivity index (χ1n) is 6.12. The lowest BCUT2D eigenvalue weighted by Gasteiger charge is -1.99. The summed E-state index contributed by atoms with van der Waals surface area (Å²) in [5, 5.41) is 0. The van der Waals surface area contributed by atoms with Crippen molar-refractivity contribution in [3.63, 3.8) is 0 Å². The molecule has 6 heteroatoms. The highest BCUT2D eigenvalue weighted by Gasteiger charge is 2.16. The van der Waals surface area contributed by atoms with Crippen LogP contribution in [0.25, 0.3) is 22.4 Å². The first-order valence-corrected chi connectivity index (χ1v) is 6.12. The van der Waals surface area contributed by atoms with E-state index in [0.29, 0.717) is 11.0 Å².